The van der Waals surface area contributed by atoms with Crippen LogP contribution in [0.25, 0.3) is 0 Å². The first-order chi connectivity index (χ1) is 10.1. The summed E-state index contributed by atoms with van der Waals surface area (Å²) in [6.45, 7) is 6.31. The van der Waals surface area contributed by atoms with Crippen LogP contribution in [-0.2, 0) is 0 Å². The number of nitrogens with zero attached hydrogens (tertiary/aromatic N) is 2. The number of hydrogen-bond acceptors (Lipinski definition) is 4. The number of aromatic nitrogens is 2. The van der Waals surface area contributed by atoms with Crippen molar-refractivity contribution in [3.8, 4) is 0 Å². The van der Waals surface area contributed by atoms with Crippen LogP contribution in [0, 0.1) is 20.8 Å². The van der Waals surface area contributed by atoms with Gasteiger partial charge in [0.1, 0.15) is 17.5 Å². The number of nitrogens with one attached hydrogen (secondary N) is 2. The molecule has 4 heteroatoms. The van der Waals surface area contributed by atoms with Gasteiger partial charge in [0.2, 0.25) is 0 Å². The third-order valence-electron chi connectivity index (χ3n) is 4.20. The highest BCUT2D eigenvalue weighted by molar-refractivity contribution is 5.67. The van der Waals surface area contributed by atoms with E-state index in [4.69, 9.17) is 4.98 Å². The molecule has 110 valence electrons. The summed E-state index contributed by atoms with van der Waals surface area (Å²) in [6, 6.07) is 6.30. The summed E-state index contributed by atoms with van der Waals surface area (Å²) in [6.07, 6.45) is 2.41. The summed E-state index contributed by atoms with van der Waals surface area (Å²) in [5.74, 6) is 3.32. The van der Waals surface area contributed by atoms with E-state index in [1.807, 2.05) is 7.05 Å². The molecule has 21 heavy (non-hydrogen) atoms. The lowest BCUT2D eigenvalue weighted by Crippen LogP contribution is -2.07. The Bertz CT molecular complexity index is 675. The SMILES string of the molecule is CNc1nc(C2CC2)nc(Nc2cccc(C)c2C)c1C. The average Bonchev–Trinajstić information content (AvgIpc) is 3.30. The Morgan fingerprint density at radius 1 is 1.00 bits per heavy atom. The van der Waals surface area contributed by atoms with Crippen LogP contribution in [0.1, 0.15) is 41.3 Å². The molecule has 4 nitrogen and oxygen atoms in total. The van der Waals surface area contributed by atoms with Crippen molar-refractivity contribution in [2.45, 2.75) is 39.5 Å². The van der Waals surface area contributed by atoms with Gasteiger partial charge in [-0.15, -0.1) is 0 Å². The van der Waals surface area contributed by atoms with Gasteiger partial charge in [0.15, 0.2) is 0 Å². The number of hydrogen-bond donors (Lipinski definition) is 2. The fourth-order valence-corrected chi connectivity index (χ4v) is 2.44. The fraction of sp³-hybridized carbons (Fsp3) is 0.412. The minimum absolute atomic E-state index is 0.539. The first kappa shape index (κ1) is 13.9. The molecule has 2 N–H and O–H groups in total. The molecule has 0 unspecified atom stereocenters. The van der Waals surface area contributed by atoms with Crippen LogP contribution in [0.5, 0.6) is 0 Å². The lowest BCUT2D eigenvalue weighted by molar-refractivity contribution is 0.923. The molecule has 0 saturated heterocycles. The molecule has 1 saturated carbocycles. The van der Waals surface area contributed by atoms with Gasteiger partial charge >= 0.3 is 0 Å². The van der Waals surface area contributed by atoms with Gasteiger partial charge in [-0.3, -0.25) is 0 Å². The number of anilines is 3. The monoisotopic (exact) mass is 282 g/mol. The first-order valence-corrected chi connectivity index (χ1v) is 7.49. The summed E-state index contributed by atoms with van der Waals surface area (Å²) in [5.41, 5.74) is 4.71. The molecule has 0 radical (unpaired) electrons. The zero-order valence-electron chi connectivity index (χ0n) is 13.1. The molecule has 1 aromatic carbocycles. The highest BCUT2D eigenvalue weighted by Gasteiger charge is 2.28. The quantitative estimate of drug-likeness (QED) is 0.887. The van der Waals surface area contributed by atoms with Gasteiger partial charge in [-0.2, -0.15) is 0 Å². The van der Waals surface area contributed by atoms with Crippen LogP contribution in [0.2, 0.25) is 0 Å². The minimum Gasteiger partial charge on any atom is -0.373 e. The van der Waals surface area contributed by atoms with Crippen LogP contribution < -0.4 is 10.6 Å². The van der Waals surface area contributed by atoms with Crippen molar-refractivity contribution in [1.29, 1.82) is 0 Å². The maximum atomic E-state index is 4.75. The lowest BCUT2D eigenvalue weighted by Gasteiger charge is -2.15. The van der Waals surface area contributed by atoms with Gasteiger partial charge in [0.25, 0.3) is 0 Å². The topological polar surface area (TPSA) is 49.8 Å². The van der Waals surface area contributed by atoms with Crippen LogP contribution >= 0.6 is 0 Å². The Kier molecular flexibility index (Phi) is 3.53. The van der Waals surface area contributed by atoms with E-state index in [9.17, 15) is 0 Å². The second-order valence-corrected chi connectivity index (χ2v) is 5.80. The molecule has 0 amide bonds. The molecular weight excluding hydrogens is 260 g/mol. The van der Waals surface area contributed by atoms with E-state index in [1.165, 1.54) is 24.0 Å². The molecule has 1 fully saturated rings. The van der Waals surface area contributed by atoms with Gasteiger partial charge in [-0.1, -0.05) is 12.1 Å². The highest BCUT2D eigenvalue weighted by atomic mass is 15.1. The Morgan fingerprint density at radius 3 is 2.38 bits per heavy atom. The summed E-state index contributed by atoms with van der Waals surface area (Å²) in [7, 11) is 1.91. The molecule has 0 spiro atoms. The summed E-state index contributed by atoms with van der Waals surface area (Å²) in [5, 5.41) is 6.67. The van der Waals surface area contributed by atoms with E-state index in [2.05, 4.69) is 54.6 Å². The van der Waals surface area contributed by atoms with Crippen LogP contribution in [-0.4, -0.2) is 17.0 Å². The molecule has 0 bridgehead atoms. The van der Waals surface area contributed by atoms with E-state index in [0.29, 0.717) is 5.92 Å². The van der Waals surface area contributed by atoms with Gasteiger partial charge in [0.05, 0.1) is 0 Å². The lowest BCUT2D eigenvalue weighted by atomic mass is 10.1. The highest BCUT2D eigenvalue weighted by Crippen LogP contribution is 2.40. The predicted octanol–water partition coefficient (Wildman–Crippen LogP) is 4.06. The number of benzene rings is 1. The maximum Gasteiger partial charge on any atom is 0.139 e. The summed E-state index contributed by atoms with van der Waals surface area (Å²) < 4.78 is 0. The van der Waals surface area contributed by atoms with Crippen molar-refractivity contribution in [1.82, 2.24) is 9.97 Å². The third-order valence-corrected chi connectivity index (χ3v) is 4.20. The molecule has 1 aliphatic carbocycles. The normalized spacial score (nSPS) is 14.1. The first-order valence-electron chi connectivity index (χ1n) is 7.49. The molecule has 2 aromatic rings. The molecule has 3 rings (SSSR count). The Balaban J connectivity index is 2.01. The predicted molar refractivity (Wildman–Crippen MR) is 87.5 cm³/mol. The fourth-order valence-electron chi connectivity index (χ4n) is 2.44. The van der Waals surface area contributed by atoms with E-state index in [-0.39, 0.29) is 0 Å². The Hall–Kier alpha value is -2.10. The largest absolute Gasteiger partial charge is 0.373 e. The number of aryl methyl sites for hydroxylation is 1. The maximum absolute atomic E-state index is 4.75. The molecule has 1 aromatic heterocycles. The zero-order chi connectivity index (χ0) is 15.0. The number of rotatable bonds is 4. The van der Waals surface area contributed by atoms with Crippen LogP contribution in [0.15, 0.2) is 18.2 Å². The van der Waals surface area contributed by atoms with E-state index in [1.54, 1.807) is 0 Å². The average molecular weight is 282 g/mol. The van der Waals surface area contributed by atoms with Crippen molar-refractivity contribution in [3.63, 3.8) is 0 Å². The van der Waals surface area contributed by atoms with Crippen molar-refractivity contribution in [2.24, 2.45) is 0 Å². The third kappa shape index (κ3) is 2.71. The van der Waals surface area contributed by atoms with Crippen LogP contribution in [0.4, 0.5) is 17.3 Å². The molecule has 1 aliphatic rings. The smallest absolute Gasteiger partial charge is 0.139 e. The van der Waals surface area contributed by atoms with E-state index >= 15 is 0 Å². The Morgan fingerprint density at radius 2 is 1.71 bits per heavy atom. The minimum atomic E-state index is 0.539. The van der Waals surface area contributed by atoms with Gasteiger partial charge < -0.3 is 10.6 Å². The molecule has 0 aliphatic heterocycles. The molecular formula is C17H22N4. The molecule has 0 atom stereocenters. The summed E-state index contributed by atoms with van der Waals surface area (Å²) in [4.78, 5) is 9.38. The van der Waals surface area contributed by atoms with Crippen molar-refractivity contribution in [3.05, 3.63) is 40.7 Å². The second-order valence-electron chi connectivity index (χ2n) is 5.80. The van der Waals surface area contributed by atoms with Crippen molar-refractivity contribution < 1.29 is 0 Å². The van der Waals surface area contributed by atoms with Crippen molar-refractivity contribution >= 4 is 17.3 Å². The van der Waals surface area contributed by atoms with Gasteiger partial charge in [-0.25, -0.2) is 9.97 Å². The summed E-state index contributed by atoms with van der Waals surface area (Å²) >= 11 is 0. The van der Waals surface area contributed by atoms with Gasteiger partial charge in [-0.05, 0) is 50.8 Å². The second kappa shape index (κ2) is 5.35. The van der Waals surface area contributed by atoms with Gasteiger partial charge in [0, 0.05) is 24.2 Å². The standard InChI is InChI=1S/C17H22N4/c1-10-6-5-7-14(11(10)2)19-16-12(3)15(18-4)20-17(21-16)13-8-9-13/h5-7,13H,8-9H2,1-4H3,(H2,18,19,20,21). The van der Waals surface area contributed by atoms with E-state index in [0.717, 1.165) is 28.7 Å². The van der Waals surface area contributed by atoms with E-state index < -0.39 is 0 Å². The van der Waals surface area contributed by atoms with Crippen LogP contribution in [0.3, 0.4) is 0 Å². The van der Waals surface area contributed by atoms with Crippen molar-refractivity contribution in [2.75, 3.05) is 17.7 Å². The molecule has 1 heterocycles. The zero-order valence-corrected chi connectivity index (χ0v) is 13.1. The Labute approximate surface area is 126 Å².